The van der Waals surface area contributed by atoms with Crippen molar-refractivity contribution in [2.45, 2.75) is 45.4 Å². The number of hydrogen-bond acceptors (Lipinski definition) is 3. The van der Waals surface area contributed by atoms with Gasteiger partial charge < -0.3 is 5.32 Å². The summed E-state index contributed by atoms with van der Waals surface area (Å²) in [6.45, 7) is 8.20. The molecule has 0 radical (unpaired) electrons. The number of sulfonamides is 1. The second-order valence-corrected chi connectivity index (χ2v) is 9.88. The third kappa shape index (κ3) is 5.98. The molecular weight excluding hydrogens is 420 g/mol. The Morgan fingerprint density at radius 3 is 2.31 bits per heavy atom. The van der Waals surface area contributed by atoms with E-state index in [1.165, 1.54) is 17.2 Å². The van der Waals surface area contributed by atoms with Crippen LogP contribution in [0.2, 0.25) is 0 Å². The molecule has 168 valence electrons. The summed E-state index contributed by atoms with van der Waals surface area (Å²) in [4.78, 5) is 12.7. The largest absolute Gasteiger partial charge is 0.352 e. The number of nitrogens with one attached hydrogen (secondary N) is 2. The molecule has 2 N–H and O–H groups in total. The van der Waals surface area contributed by atoms with Crippen LogP contribution in [0.1, 0.15) is 44.6 Å². The molecule has 3 aromatic rings. The van der Waals surface area contributed by atoms with Crippen molar-refractivity contribution in [2.75, 3.05) is 11.3 Å². The van der Waals surface area contributed by atoms with E-state index >= 15 is 0 Å². The third-order valence-corrected chi connectivity index (χ3v) is 7.03. The molecule has 0 aromatic heterocycles. The van der Waals surface area contributed by atoms with Crippen LogP contribution >= 0.6 is 0 Å². The number of rotatable bonds is 8. The van der Waals surface area contributed by atoms with Gasteiger partial charge in [0.2, 0.25) is 0 Å². The molecule has 0 bridgehead atoms. The molecule has 3 rings (SSSR count). The standard InChI is InChI=1S/C26H30N2O3S/c1-18-7-5-8-22(15-18)9-6-14-27-26(29)23-12-10-20(3)25(17-23)32(30,31)28-24-13-11-19(2)21(4)16-24/h5,7-8,10-13,15-17,28H,6,9,14H2,1-4H3,(H,27,29). The van der Waals surface area contributed by atoms with Crippen LogP contribution in [0.15, 0.2) is 65.6 Å². The van der Waals surface area contributed by atoms with Crippen LogP contribution in [0.3, 0.4) is 0 Å². The minimum absolute atomic E-state index is 0.100. The fourth-order valence-electron chi connectivity index (χ4n) is 3.51. The second-order valence-electron chi connectivity index (χ2n) is 8.23. The van der Waals surface area contributed by atoms with Crippen LogP contribution in [0, 0.1) is 27.7 Å². The fraction of sp³-hybridized carbons (Fsp3) is 0.269. The van der Waals surface area contributed by atoms with Crippen molar-refractivity contribution in [2.24, 2.45) is 0 Å². The van der Waals surface area contributed by atoms with E-state index in [2.05, 4.69) is 35.2 Å². The molecule has 0 saturated carbocycles. The molecule has 6 heteroatoms. The van der Waals surface area contributed by atoms with Crippen LogP contribution in [-0.2, 0) is 16.4 Å². The molecule has 0 heterocycles. The van der Waals surface area contributed by atoms with Gasteiger partial charge in [-0.15, -0.1) is 0 Å². The van der Waals surface area contributed by atoms with E-state index in [-0.39, 0.29) is 10.8 Å². The summed E-state index contributed by atoms with van der Waals surface area (Å²) in [5, 5.41) is 2.89. The molecule has 5 nitrogen and oxygen atoms in total. The van der Waals surface area contributed by atoms with Crippen LogP contribution in [0.4, 0.5) is 5.69 Å². The van der Waals surface area contributed by atoms with Gasteiger partial charge in [0.05, 0.1) is 4.90 Å². The Morgan fingerprint density at radius 1 is 0.844 bits per heavy atom. The smallest absolute Gasteiger partial charge is 0.262 e. The Labute approximate surface area is 190 Å². The molecule has 32 heavy (non-hydrogen) atoms. The second kappa shape index (κ2) is 10.0. The molecule has 0 fully saturated rings. The SMILES string of the molecule is Cc1cccc(CCCNC(=O)c2ccc(C)c(S(=O)(=O)Nc3ccc(C)c(C)c3)c2)c1. The van der Waals surface area contributed by atoms with E-state index in [0.717, 1.165) is 24.0 Å². The van der Waals surface area contributed by atoms with Crippen LogP contribution in [0.5, 0.6) is 0 Å². The normalized spacial score (nSPS) is 11.2. The first-order valence-corrected chi connectivity index (χ1v) is 12.2. The maximum Gasteiger partial charge on any atom is 0.262 e. The van der Waals surface area contributed by atoms with Gasteiger partial charge in [0.15, 0.2) is 0 Å². The number of benzene rings is 3. The van der Waals surface area contributed by atoms with E-state index in [1.807, 2.05) is 26.0 Å². The number of hydrogen-bond donors (Lipinski definition) is 2. The van der Waals surface area contributed by atoms with E-state index in [9.17, 15) is 13.2 Å². The molecule has 0 saturated heterocycles. The van der Waals surface area contributed by atoms with Crippen molar-refractivity contribution in [3.8, 4) is 0 Å². The van der Waals surface area contributed by atoms with Gasteiger partial charge in [-0.25, -0.2) is 8.42 Å². The maximum absolute atomic E-state index is 13.0. The number of anilines is 1. The molecule has 1 amide bonds. The van der Waals surface area contributed by atoms with E-state index in [4.69, 9.17) is 0 Å². The molecule has 0 aliphatic rings. The lowest BCUT2D eigenvalue weighted by Crippen LogP contribution is -2.25. The van der Waals surface area contributed by atoms with Crippen molar-refractivity contribution in [1.82, 2.24) is 5.32 Å². The minimum Gasteiger partial charge on any atom is -0.352 e. The zero-order chi connectivity index (χ0) is 23.3. The van der Waals surface area contributed by atoms with Crippen molar-refractivity contribution < 1.29 is 13.2 Å². The van der Waals surface area contributed by atoms with Crippen molar-refractivity contribution in [1.29, 1.82) is 0 Å². The van der Waals surface area contributed by atoms with E-state index in [1.54, 1.807) is 31.2 Å². The number of amides is 1. The van der Waals surface area contributed by atoms with Gasteiger partial charge in [0.25, 0.3) is 15.9 Å². The zero-order valence-electron chi connectivity index (χ0n) is 19.0. The quantitative estimate of drug-likeness (QED) is 0.470. The molecule has 0 unspecified atom stereocenters. The summed E-state index contributed by atoms with van der Waals surface area (Å²) in [6, 6.07) is 18.5. The highest BCUT2D eigenvalue weighted by molar-refractivity contribution is 7.92. The lowest BCUT2D eigenvalue weighted by Gasteiger charge is -2.13. The maximum atomic E-state index is 13.0. The zero-order valence-corrected chi connectivity index (χ0v) is 19.8. The lowest BCUT2D eigenvalue weighted by molar-refractivity contribution is 0.0953. The monoisotopic (exact) mass is 450 g/mol. The van der Waals surface area contributed by atoms with E-state index < -0.39 is 10.0 Å². The average molecular weight is 451 g/mol. The van der Waals surface area contributed by atoms with Crippen molar-refractivity contribution in [3.63, 3.8) is 0 Å². The topological polar surface area (TPSA) is 75.3 Å². The van der Waals surface area contributed by atoms with Crippen LogP contribution < -0.4 is 10.0 Å². The van der Waals surface area contributed by atoms with E-state index in [0.29, 0.717) is 23.4 Å². The Bertz CT molecular complexity index is 1230. The number of carbonyl (C=O) groups excluding carboxylic acids is 1. The summed E-state index contributed by atoms with van der Waals surface area (Å²) < 4.78 is 28.6. The Hall–Kier alpha value is -3.12. The summed E-state index contributed by atoms with van der Waals surface area (Å²) >= 11 is 0. The predicted octanol–water partition coefficient (Wildman–Crippen LogP) is 5.08. The molecular formula is C26H30N2O3S. The number of aryl methyl sites for hydroxylation is 5. The highest BCUT2D eigenvalue weighted by Crippen LogP contribution is 2.22. The Kier molecular flexibility index (Phi) is 7.36. The highest BCUT2D eigenvalue weighted by Gasteiger charge is 2.19. The van der Waals surface area contributed by atoms with Crippen molar-refractivity contribution in [3.05, 3.63) is 94.0 Å². The molecule has 0 atom stereocenters. The van der Waals surface area contributed by atoms with Gasteiger partial charge in [0.1, 0.15) is 0 Å². The van der Waals surface area contributed by atoms with Gasteiger partial charge >= 0.3 is 0 Å². The van der Waals surface area contributed by atoms with Gasteiger partial charge in [0, 0.05) is 17.8 Å². The van der Waals surface area contributed by atoms with Crippen LogP contribution in [-0.4, -0.2) is 20.9 Å². The van der Waals surface area contributed by atoms with Gasteiger partial charge in [-0.3, -0.25) is 9.52 Å². The summed E-state index contributed by atoms with van der Waals surface area (Å²) in [6.07, 6.45) is 1.68. The first-order valence-electron chi connectivity index (χ1n) is 10.7. The highest BCUT2D eigenvalue weighted by atomic mass is 32.2. The number of carbonyl (C=O) groups is 1. The predicted molar refractivity (Wildman–Crippen MR) is 130 cm³/mol. The van der Waals surface area contributed by atoms with Gasteiger partial charge in [-0.1, -0.05) is 42.0 Å². The lowest BCUT2D eigenvalue weighted by atomic mass is 10.1. The summed E-state index contributed by atoms with van der Waals surface area (Å²) in [7, 11) is -3.82. The minimum atomic E-state index is -3.82. The molecule has 0 aliphatic heterocycles. The van der Waals surface area contributed by atoms with Gasteiger partial charge in [-0.2, -0.15) is 0 Å². The first-order chi connectivity index (χ1) is 15.2. The van der Waals surface area contributed by atoms with Crippen LogP contribution in [0.25, 0.3) is 0 Å². The Balaban J connectivity index is 1.67. The Morgan fingerprint density at radius 2 is 1.59 bits per heavy atom. The van der Waals surface area contributed by atoms with Crippen molar-refractivity contribution >= 4 is 21.6 Å². The van der Waals surface area contributed by atoms with Gasteiger partial charge in [-0.05, 0) is 87.1 Å². The average Bonchev–Trinajstić information content (AvgIpc) is 2.74. The fourth-order valence-corrected chi connectivity index (χ4v) is 4.83. The molecule has 0 spiro atoms. The summed E-state index contributed by atoms with van der Waals surface area (Å²) in [5.41, 5.74) is 5.95. The first kappa shape index (κ1) is 23.5. The summed E-state index contributed by atoms with van der Waals surface area (Å²) in [5.74, 6) is -0.281. The molecule has 0 aliphatic carbocycles. The molecule has 3 aromatic carbocycles. The third-order valence-electron chi connectivity index (χ3n) is 5.51.